The molecule has 1 aliphatic rings. The summed E-state index contributed by atoms with van der Waals surface area (Å²) in [6.07, 6.45) is 5.60. The van der Waals surface area contributed by atoms with Crippen LogP contribution in [0.1, 0.15) is 31.4 Å². The predicted octanol–water partition coefficient (Wildman–Crippen LogP) is 2.60. The molecule has 15 heavy (non-hydrogen) atoms. The van der Waals surface area contributed by atoms with Crippen LogP contribution in [0.3, 0.4) is 0 Å². The van der Waals surface area contributed by atoms with Crippen molar-refractivity contribution in [1.29, 1.82) is 0 Å². The summed E-state index contributed by atoms with van der Waals surface area (Å²) in [5.41, 5.74) is 0.856. The van der Waals surface area contributed by atoms with E-state index in [0.29, 0.717) is 10.8 Å². The summed E-state index contributed by atoms with van der Waals surface area (Å²) in [6.45, 7) is 2.68. The molecule has 1 fully saturated rings. The highest BCUT2D eigenvalue weighted by atomic mass is 35.5. The third-order valence-electron chi connectivity index (χ3n) is 3.02. The summed E-state index contributed by atoms with van der Waals surface area (Å²) in [7, 11) is 0. The average molecular weight is 227 g/mol. The summed E-state index contributed by atoms with van der Waals surface area (Å²) >= 11 is 5.90. The number of hydrogen-bond donors (Lipinski definition) is 0. The van der Waals surface area contributed by atoms with Gasteiger partial charge in [0.15, 0.2) is 0 Å². The molecule has 1 heterocycles. The second kappa shape index (κ2) is 4.35. The fourth-order valence-electron chi connectivity index (χ4n) is 2.09. The minimum absolute atomic E-state index is 0.258. The van der Waals surface area contributed by atoms with Gasteiger partial charge in [0, 0.05) is 25.1 Å². The first kappa shape index (κ1) is 10.7. The number of carbonyl (C=O) groups excluding carboxylic acids is 1. The first-order valence-electron chi connectivity index (χ1n) is 5.39. The smallest absolute Gasteiger partial charge is 0.136 e. The first-order chi connectivity index (χ1) is 7.16. The van der Waals surface area contributed by atoms with Crippen molar-refractivity contribution in [1.82, 2.24) is 9.78 Å². The lowest BCUT2D eigenvalue weighted by Gasteiger charge is -2.06. The van der Waals surface area contributed by atoms with Crippen LogP contribution in [0, 0.1) is 12.8 Å². The molecule has 0 bridgehead atoms. The fourth-order valence-corrected chi connectivity index (χ4v) is 2.24. The molecule has 1 aromatic heterocycles. The molecule has 0 aromatic carbocycles. The monoisotopic (exact) mass is 226 g/mol. The van der Waals surface area contributed by atoms with Crippen molar-refractivity contribution in [3.63, 3.8) is 0 Å². The van der Waals surface area contributed by atoms with Crippen LogP contribution in [-0.2, 0) is 11.3 Å². The number of carbonyl (C=O) groups is 1. The van der Waals surface area contributed by atoms with Crippen molar-refractivity contribution in [2.75, 3.05) is 0 Å². The minimum atomic E-state index is 0.258. The van der Waals surface area contributed by atoms with Crippen LogP contribution in [0.2, 0.25) is 5.02 Å². The predicted molar refractivity (Wildman–Crippen MR) is 58.9 cm³/mol. The van der Waals surface area contributed by atoms with Crippen LogP contribution in [0.15, 0.2) is 6.20 Å². The summed E-state index contributed by atoms with van der Waals surface area (Å²) in [4.78, 5) is 11.4. The zero-order valence-corrected chi connectivity index (χ0v) is 9.63. The van der Waals surface area contributed by atoms with E-state index in [1.54, 1.807) is 0 Å². The molecule has 1 aliphatic carbocycles. The second-order valence-corrected chi connectivity index (χ2v) is 4.58. The summed E-state index contributed by atoms with van der Waals surface area (Å²) in [5, 5.41) is 4.97. The van der Waals surface area contributed by atoms with E-state index in [-0.39, 0.29) is 5.92 Å². The molecule has 2 rings (SSSR count). The van der Waals surface area contributed by atoms with Gasteiger partial charge in [-0.1, -0.05) is 11.6 Å². The second-order valence-electron chi connectivity index (χ2n) is 4.17. The number of halogens is 1. The van der Waals surface area contributed by atoms with Crippen LogP contribution in [-0.4, -0.2) is 15.6 Å². The molecule has 0 saturated heterocycles. The fraction of sp³-hybridized carbons (Fsp3) is 0.636. The molecule has 0 spiro atoms. The Morgan fingerprint density at radius 2 is 2.47 bits per heavy atom. The lowest BCUT2D eigenvalue weighted by atomic mass is 10.0. The van der Waals surface area contributed by atoms with E-state index in [2.05, 4.69) is 5.10 Å². The van der Waals surface area contributed by atoms with E-state index in [1.165, 1.54) is 0 Å². The van der Waals surface area contributed by atoms with Gasteiger partial charge < -0.3 is 0 Å². The lowest BCUT2D eigenvalue weighted by Crippen LogP contribution is -2.10. The van der Waals surface area contributed by atoms with Gasteiger partial charge in [0.05, 0.1) is 10.7 Å². The Balaban J connectivity index is 1.90. The largest absolute Gasteiger partial charge is 0.299 e. The maximum absolute atomic E-state index is 11.4. The van der Waals surface area contributed by atoms with Gasteiger partial charge in [0.25, 0.3) is 0 Å². The van der Waals surface area contributed by atoms with Crippen molar-refractivity contribution in [2.24, 2.45) is 5.92 Å². The van der Waals surface area contributed by atoms with Gasteiger partial charge in [-0.25, -0.2) is 0 Å². The van der Waals surface area contributed by atoms with Crippen molar-refractivity contribution in [3.8, 4) is 0 Å². The highest BCUT2D eigenvalue weighted by Crippen LogP contribution is 2.25. The van der Waals surface area contributed by atoms with E-state index < -0.39 is 0 Å². The maximum Gasteiger partial charge on any atom is 0.136 e. The van der Waals surface area contributed by atoms with Crippen LogP contribution >= 0.6 is 11.6 Å². The Labute approximate surface area is 94.4 Å². The molecule has 0 N–H and O–H groups in total. The number of Topliss-reactive ketones (excluding diaryl/α,β-unsaturated/α-hetero) is 1. The van der Waals surface area contributed by atoms with Crippen molar-refractivity contribution < 1.29 is 4.79 Å². The maximum atomic E-state index is 11.4. The average Bonchev–Trinajstić information content (AvgIpc) is 2.72. The standard InChI is InChI=1S/C11H15ClN2O/c1-8-10(12)7-14(13-8)6-5-9-3-2-4-11(9)15/h7,9H,2-6H2,1H3. The molecule has 4 heteroatoms. The number of rotatable bonds is 3. The minimum Gasteiger partial charge on any atom is -0.299 e. The van der Waals surface area contributed by atoms with Crippen LogP contribution in [0.5, 0.6) is 0 Å². The number of hydrogen-bond acceptors (Lipinski definition) is 2. The number of nitrogens with zero attached hydrogens (tertiary/aromatic N) is 2. The van der Waals surface area contributed by atoms with Gasteiger partial charge in [0.2, 0.25) is 0 Å². The highest BCUT2D eigenvalue weighted by Gasteiger charge is 2.23. The zero-order valence-electron chi connectivity index (χ0n) is 8.87. The van der Waals surface area contributed by atoms with Gasteiger partial charge in [-0.05, 0) is 26.2 Å². The quantitative estimate of drug-likeness (QED) is 0.794. The van der Waals surface area contributed by atoms with Crippen molar-refractivity contribution >= 4 is 17.4 Å². The summed E-state index contributed by atoms with van der Waals surface area (Å²) < 4.78 is 1.84. The van der Waals surface area contributed by atoms with Gasteiger partial charge in [0.1, 0.15) is 5.78 Å². The van der Waals surface area contributed by atoms with E-state index in [4.69, 9.17) is 11.6 Å². The topological polar surface area (TPSA) is 34.9 Å². The number of aromatic nitrogens is 2. The SMILES string of the molecule is Cc1nn(CCC2CCCC2=O)cc1Cl. The summed E-state index contributed by atoms with van der Waals surface area (Å²) in [5.74, 6) is 0.679. The molecular weight excluding hydrogens is 212 g/mol. The Hall–Kier alpha value is -0.830. The highest BCUT2D eigenvalue weighted by molar-refractivity contribution is 6.31. The third-order valence-corrected chi connectivity index (χ3v) is 3.40. The van der Waals surface area contributed by atoms with Crippen LogP contribution in [0.25, 0.3) is 0 Å². The molecule has 3 nitrogen and oxygen atoms in total. The molecule has 0 radical (unpaired) electrons. The Kier molecular flexibility index (Phi) is 3.10. The third kappa shape index (κ3) is 2.40. The molecule has 1 aromatic rings. The molecule has 0 amide bonds. The molecule has 1 saturated carbocycles. The van der Waals surface area contributed by atoms with Gasteiger partial charge >= 0.3 is 0 Å². The summed E-state index contributed by atoms with van der Waals surface area (Å²) in [6, 6.07) is 0. The van der Waals surface area contributed by atoms with Crippen molar-refractivity contribution in [2.45, 2.75) is 39.2 Å². The lowest BCUT2D eigenvalue weighted by molar-refractivity contribution is -0.120. The molecular formula is C11H15ClN2O. The molecule has 1 unspecified atom stereocenters. The van der Waals surface area contributed by atoms with Gasteiger partial charge in [-0.3, -0.25) is 9.48 Å². The zero-order chi connectivity index (χ0) is 10.8. The van der Waals surface area contributed by atoms with E-state index in [0.717, 1.165) is 37.9 Å². The molecule has 82 valence electrons. The van der Waals surface area contributed by atoms with E-state index >= 15 is 0 Å². The Morgan fingerprint density at radius 1 is 1.67 bits per heavy atom. The Bertz CT molecular complexity index is 353. The van der Waals surface area contributed by atoms with Gasteiger partial charge in [-0.2, -0.15) is 5.10 Å². The van der Waals surface area contributed by atoms with Gasteiger partial charge in [-0.15, -0.1) is 0 Å². The number of ketones is 1. The number of aryl methyl sites for hydroxylation is 2. The van der Waals surface area contributed by atoms with Crippen molar-refractivity contribution in [3.05, 3.63) is 16.9 Å². The van der Waals surface area contributed by atoms with E-state index in [9.17, 15) is 4.79 Å². The normalized spacial score (nSPS) is 21.2. The first-order valence-corrected chi connectivity index (χ1v) is 5.77. The molecule has 1 atom stereocenters. The van der Waals surface area contributed by atoms with Crippen LogP contribution in [0.4, 0.5) is 0 Å². The van der Waals surface area contributed by atoms with Crippen LogP contribution < -0.4 is 0 Å². The molecule has 0 aliphatic heterocycles. The Morgan fingerprint density at radius 3 is 3.00 bits per heavy atom. The van der Waals surface area contributed by atoms with E-state index in [1.807, 2.05) is 17.8 Å².